The van der Waals surface area contributed by atoms with Crippen LogP contribution >= 0.6 is 23.2 Å². The SMILES string of the molecule is O=C(COc1ccc(Cl)cc1Cl)N1CC(=O)N2CCc3ccccc3[C@@H]2C1. The van der Waals surface area contributed by atoms with E-state index < -0.39 is 0 Å². The first kappa shape index (κ1) is 18.1. The maximum Gasteiger partial charge on any atom is 0.261 e. The summed E-state index contributed by atoms with van der Waals surface area (Å²) in [6, 6.07) is 12.8. The molecule has 2 aromatic rings. The Morgan fingerprint density at radius 3 is 2.81 bits per heavy atom. The van der Waals surface area contributed by atoms with Gasteiger partial charge >= 0.3 is 0 Å². The summed E-state index contributed by atoms with van der Waals surface area (Å²) in [6.45, 7) is 1.07. The Morgan fingerprint density at radius 1 is 1.19 bits per heavy atom. The molecule has 5 nitrogen and oxygen atoms in total. The van der Waals surface area contributed by atoms with E-state index in [4.69, 9.17) is 27.9 Å². The summed E-state index contributed by atoms with van der Waals surface area (Å²) >= 11 is 11.9. The molecule has 27 heavy (non-hydrogen) atoms. The van der Waals surface area contributed by atoms with Gasteiger partial charge in [0.25, 0.3) is 5.91 Å². The first-order chi connectivity index (χ1) is 13.0. The number of nitrogens with zero attached hydrogens (tertiary/aromatic N) is 2. The standard InChI is InChI=1S/C20H18Cl2N2O3/c21-14-5-6-18(16(22)9-14)27-12-20(26)23-10-17-15-4-2-1-3-13(15)7-8-24(17)19(25)11-23/h1-6,9,17H,7-8,10-12H2/t17-/m0/s1. The molecule has 1 saturated heterocycles. The van der Waals surface area contributed by atoms with Crippen molar-refractivity contribution >= 4 is 35.0 Å². The largest absolute Gasteiger partial charge is 0.482 e. The zero-order valence-corrected chi connectivity index (χ0v) is 16.0. The third kappa shape index (κ3) is 3.62. The van der Waals surface area contributed by atoms with Crippen molar-refractivity contribution in [2.75, 3.05) is 26.2 Å². The van der Waals surface area contributed by atoms with Gasteiger partial charge in [-0.3, -0.25) is 9.59 Å². The maximum absolute atomic E-state index is 12.6. The number of ether oxygens (including phenoxy) is 1. The van der Waals surface area contributed by atoms with Gasteiger partial charge in [-0.2, -0.15) is 0 Å². The molecule has 2 aliphatic rings. The minimum absolute atomic E-state index is 0.0290. The van der Waals surface area contributed by atoms with Crippen molar-refractivity contribution in [3.63, 3.8) is 0 Å². The molecule has 0 aliphatic carbocycles. The molecule has 140 valence electrons. The third-order valence-corrected chi connectivity index (χ3v) is 5.58. The van der Waals surface area contributed by atoms with E-state index in [1.165, 1.54) is 5.56 Å². The fourth-order valence-corrected chi connectivity index (χ4v) is 4.15. The van der Waals surface area contributed by atoms with Gasteiger partial charge < -0.3 is 14.5 Å². The lowest BCUT2D eigenvalue weighted by atomic mass is 9.91. The highest BCUT2D eigenvalue weighted by Gasteiger charge is 2.38. The van der Waals surface area contributed by atoms with Crippen molar-refractivity contribution in [2.45, 2.75) is 12.5 Å². The van der Waals surface area contributed by atoms with Crippen LogP contribution in [-0.4, -0.2) is 47.9 Å². The monoisotopic (exact) mass is 404 g/mol. The molecule has 1 atom stereocenters. The molecule has 2 amide bonds. The van der Waals surface area contributed by atoms with E-state index in [1.807, 2.05) is 23.1 Å². The summed E-state index contributed by atoms with van der Waals surface area (Å²) in [4.78, 5) is 28.7. The molecule has 0 unspecified atom stereocenters. The molecule has 2 heterocycles. The Bertz CT molecular complexity index is 903. The van der Waals surface area contributed by atoms with E-state index in [2.05, 4.69) is 6.07 Å². The number of rotatable bonds is 3. The molecule has 2 aliphatic heterocycles. The predicted octanol–water partition coefficient (Wildman–Crippen LogP) is 3.34. The van der Waals surface area contributed by atoms with Gasteiger partial charge in [0.1, 0.15) is 5.75 Å². The first-order valence-electron chi connectivity index (χ1n) is 8.76. The Kier molecular flexibility index (Phi) is 4.98. The van der Waals surface area contributed by atoms with Crippen molar-refractivity contribution < 1.29 is 14.3 Å². The molecule has 0 spiro atoms. The van der Waals surface area contributed by atoms with Crippen LogP contribution in [0, 0.1) is 0 Å². The highest BCUT2D eigenvalue weighted by molar-refractivity contribution is 6.35. The number of halogens is 2. The summed E-state index contributed by atoms with van der Waals surface area (Å²) < 4.78 is 5.54. The predicted molar refractivity (Wildman–Crippen MR) is 103 cm³/mol. The normalized spacial score (nSPS) is 18.7. The van der Waals surface area contributed by atoms with Gasteiger partial charge in [0.15, 0.2) is 6.61 Å². The number of amides is 2. The third-order valence-electron chi connectivity index (χ3n) is 5.05. The lowest BCUT2D eigenvalue weighted by Crippen LogP contribution is -2.56. The molecule has 2 aromatic carbocycles. The molecule has 0 N–H and O–H groups in total. The average Bonchev–Trinajstić information content (AvgIpc) is 2.66. The zero-order valence-electron chi connectivity index (χ0n) is 14.5. The molecule has 7 heteroatoms. The van der Waals surface area contributed by atoms with Crippen LogP contribution in [-0.2, 0) is 16.0 Å². The van der Waals surface area contributed by atoms with Gasteiger partial charge in [-0.15, -0.1) is 0 Å². The number of carbonyl (C=O) groups excluding carboxylic acids is 2. The average molecular weight is 405 g/mol. The van der Waals surface area contributed by atoms with Crippen molar-refractivity contribution in [2.24, 2.45) is 0 Å². The van der Waals surface area contributed by atoms with Crippen molar-refractivity contribution in [1.29, 1.82) is 0 Å². The van der Waals surface area contributed by atoms with Crippen LogP contribution in [0.15, 0.2) is 42.5 Å². The topological polar surface area (TPSA) is 49.9 Å². The molecule has 0 radical (unpaired) electrons. The number of piperazine rings is 1. The number of benzene rings is 2. The van der Waals surface area contributed by atoms with E-state index in [1.54, 1.807) is 23.1 Å². The van der Waals surface area contributed by atoms with Gasteiger partial charge in [0.05, 0.1) is 17.6 Å². The Labute approximate surface area is 167 Å². The highest BCUT2D eigenvalue weighted by atomic mass is 35.5. The second-order valence-corrected chi connectivity index (χ2v) is 7.53. The van der Waals surface area contributed by atoms with Crippen LogP contribution in [0.2, 0.25) is 10.0 Å². The maximum atomic E-state index is 12.6. The summed E-state index contributed by atoms with van der Waals surface area (Å²) in [5.41, 5.74) is 2.36. The van der Waals surface area contributed by atoms with Crippen molar-refractivity contribution in [3.8, 4) is 5.75 Å². The van der Waals surface area contributed by atoms with E-state index in [9.17, 15) is 9.59 Å². The van der Waals surface area contributed by atoms with Crippen LogP contribution in [0.1, 0.15) is 17.2 Å². The van der Waals surface area contributed by atoms with Gasteiger partial charge in [-0.25, -0.2) is 0 Å². The minimum atomic E-state index is -0.239. The van der Waals surface area contributed by atoms with E-state index in [-0.39, 0.29) is 31.0 Å². The van der Waals surface area contributed by atoms with Crippen LogP contribution in [0.25, 0.3) is 0 Å². The number of fused-ring (bicyclic) bond motifs is 3. The molecule has 0 aromatic heterocycles. The molecule has 1 fully saturated rings. The van der Waals surface area contributed by atoms with E-state index in [0.29, 0.717) is 28.9 Å². The Hall–Kier alpha value is -2.24. The molecule has 4 rings (SSSR count). The fraction of sp³-hybridized carbons (Fsp3) is 0.300. The van der Waals surface area contributed by atoms with E-state index >= 15 is 0 Å². The van der Waals surface area contributed by atoms with Gasteiger partial charge in [-0.05, 0) is 35.7 Å². The number of hydrogen-bond acceptors (Lipinski definition) is 3. The lowest BCUT2D eigenvalue weighted by molar-refractivity contribution is -0.150. The quantitative estimate of drug-likeness (QED) is 0.787. The van der Waals surface area contributed by atoms with Crippen LogP contribution in [0.5, 0.6) is 5.75 Å². The summed E-state index contributed by atoms with van der Waals surface area (Å²) in [7, 11) is 0. The van der Waals surface area contributed by atoms with Crippen molar-refractivity contribution in [3.05, 3.63) is 63.6 Å². The molecule has 0 bridgehead atoms. The van der Waals surface area contributed by atoms with Gasteiger partial charge in [0, 0.05) is 18.1 Å². The fourth-order valence-electron chi connectivity index (χ4n) is 3.69. The van der Waals surface area contributed by atoms with Crippen LogP contribution < -0.4 is 4.74 Å². The van der Waals surface area contributed by atoms with Crippen LogP contribution in [0.3, 0.4) is 0 Å². The van der Waals surface area contributed by atoms with Crippen molar-refractivity contribution in [1.82, 2.24) is 9.80 Å². The van der Waals surface area contributed by atoms with E-state index in [0.717, 1.165) is 12.0 Å². The van der Waals surface area contributed by atoms with Crippen LogP contribution in [0.4, 0.5) is 0 Å². The molecular formula is C20H18Cl2N2O3. The summed E-state index contributed by atoms with van der Waals surface area (Å²) in [5, 5.41) is 0.841. The first-order valence-corrected chi connectivity index (χ1v) is 9.51. The smallest absolute Gasteiger partial charge is 0.261 e. The lowest BCUT2D eigenvalue weighted by Gasteiger charge is -2.44. The second kappa shape index (κ2) is 7.41. The summed E-state index contributed by atoms with van der Waals surface area (Å²) in [5.74, 6) is 0.123. The minimum Gasteiger partial charge on any atom is -0.482 e. The number of hydrogen-bond donors (Lipinski definition) is 0. The number of carbonyl (C=O) groups is 2. The Balaban J connectivity index is 1.47. The highest BCUT2D eigenvalue weighted by Crippen LogP contribution is 2.33. The van der Waals surface area contributed by atoms with Gasteiger partial charge in [-0.1, -0.05) is 47.5 Å². The zero-order chi connectivity index (χ0) is 19.0. The second-order valence-electron chi connectivity index (χ2n) is 6.69. The van der Waals surface area contributed by atoms with Gasteiger partial charge in [0.2, 0.25) is 5.91 Å². The Morgan fingerprint density at radius 2 is 2.00 bits per heavy atom. The molecular weight excluding hydrogens is 387 g/mol. The molecule has 0 saturated carbocycles. The summed E-state index contributed by atoms with van der Waals surface area (Å²) in [6.07, 6.45) is 0.852.